The number of ether oxygens (including phenoxy) is 3. The lowest BCUT2D eigenvalue weighted by Gasteiger charge is -2.18. The summed E-state index contributed by atoms with van der Waals surface area (Å²) in [4.78, 5) is 12.1. The lowest BCUT2D eigenvalue weighted by Crippen LogP contribution is -2.21. The van der Waals surface area contributed by atoms with Crippen LogP contribution in [0.3, 0.4) is 0 Å². The molecule has 0 amide bonds. The van der Waals surface area contributed by atoms with Crippen LogP contribution >= 0.6 is 0 Å². The Morgan fingerprint density at radius 3 is 1.34 bits per heavy atom. The average molecular weight is 457 g/mol. The van der Waals surface area contributed by atoms with Crippen LogP contribution in [0, 0.1) is 0 Å². The van der Waals surface area contributed by atoms with Crippen LogP contribution in [0.25, 0.3) is 0 Å². The number of hydrogen-bond acceptors (Lipinski definition) is 4. The van der Waals surface area contributed by atoms with Gasteiger partial charge in [0.25, 0.3) is 0 Å². The fourth-order valence-corrected chi connectivity index (χ4v) is 3.79. The fraction of sp³-hybridized carbons (Fsp3) is 0.964. The van der Waals surface area contributed by atoms with Gasteiger partial charge >= 0.3 is 5.97 Å². The third-order valence-electron chi connectivity index (χ3n) is 5.95. The number of hydrogen-bond donors (Lipinski definition) is 0. The first-order chi connectivity index (χ1) is 15.7. The molecule has 0 heterocycles. The third-order valence-corrected chi connectivity index (χ3v) is 5.95. The number of carbonyl (C=O) groups excluding carboxylic acids is 1. The van der Waals surface area contributed by atoms with Crippen LogP contribution in [0.1, 0.15) is 149 Å². The van der Waals surface area contributed by atoms with Crippen LogP contribution in [-0.2, 0) is 19.0 Å². The van der Waals surface area contributed by atoms with E-state index in [4.69, 9.17) is 14.2 Å². The zero-order valence-corrected chi connectivity index (χ0v) is 22.0. The molecule has 4 nitrogen and oxygen atoms in total. The Kier molecular flexibility index (Phi) is 26.1. The van der Waals surface area contributed by atoms with Gasteiger partial charge in [0.2, 0.25) is 0 Å². The van der Waals surface area contributed by atoms with Crippen molar-refractivity contribution in [2.45, 2.75) is 155 Å². The maximum absolute atomic E-state index is 12.1. The molecule has 0 saturated heterocycles. The van der Waals surface area contributed by atoms with Crippen molar-refractivity contribution in [2.24, 2.45) is 0 Å². The van der Waals surface area contributed by atoms with Crippen molar-refractivity contribution in [1.82, 2.24) is 0 Å². The molecule has 0 aliphatic heterocycles. The maximum Gasteiger partial charge on any atom is 0.305 e. The molecule has 32 heavy (non-hydrogen) atoms. The predicted octanol–water partition coefficient (Wildman–Crippen LogP) is 8.75. The molecule has 0 aliphatic carbocycles. The van der Waals surface area contributed by atoms with Gasteiger partial charge in [-0.15, -0.1) is 0 Å². The molecule has 0 aromatic carbocycles. The van der Waals surface area contributed by atoms with Crippen molar-refractivity contribution in [2.75, 3.05) is 19.8 Å². The quantitative estimate of drug-likeness (QED) is 0.0741. The van der Waals surface area contributed by atoms with Crippen LogP contribution < -0.4 is 0 Å². The minimum Gasteiger partial charge on any atom is -0.466 e. The van der Waals surface area contributed by atoms with Crippen LogP contribution in [0.2, 0.25) is 0 Å². The highest BCUT2D eigenvalue weighted by molar-refractivity contribution is 5.69. The number of esters is 1. The normalized spacial score (nSPS) is 11.4. The summed E-state index contributed by atoms with van der Waals surface area (Å²) in [6.07, 6.45) is 22.9. The second kappa shape index (κ2) is 26.6. The predicted molar refractivity (Wildman–Crippen MR) is 136 cm³/mol. The molecule has 0 spiro atoms. The summed E-state index contributed by atoms with van der Waals surface area (Å²) in [6.45, 7) is 8.71. The minimum atomic E-state index is -0.275. The van der Waals surface area contributed by atoms with E-state index >= 15 is 0 Å². The molecule has 0 aromatic heterocycles. The molecular weight excluding hydrogens is 400 g/mol. The van der Waals surface area contributed by atoms with E-state index < -0.39 is 0 Å². The molecule has 0 fully saturated rings. The van der Waals surface area contributed by atoms with Crippen molar-refractivity contribution in [3.05, 3.63) is 0 Å². The van der Waals surface area contributed by atoms with E-state index in [1.165, 1.54) is 89.9 Å². The molecule has 4 heteroatoms. The largest absolute Gasteiger partial charge is 0.466 e. The van der Waals surface area contributed by atoms with Crippen LogP contribution in [-0.4, -0.2) is 32.1 Å². The second-order valence-corrected chi connectivity index (χ2v) is 9.23. The molecule has 0 aliphatic rings. The lowest BCUT2D eigenvalue weighted by atomic mass is 10.1. The summed E-state index contributed by atoms with van der Waals surface area (Å²) >= 11 is 0. The Morgan fingerprint density at radius 2 is 0.906 bits per heavy atom. The lowest BCUT2D eigenvalue weighted by molar-refractivity contribution is -0.159. The van der Waals surface area contributed by atoms with E-state index in [2.05, 4.69) is 20.8 Å². The minimum absolute atomic E-state index is 0.116. The summed E-state index contributed by atoms with van der Waals surface area (Å²) in [6, 6.07) is 0. The SMILES string of the molecule is CCCCCCCCOC(=O)CCC(OCCCCCCCC)OCCCCCCCC. The van der Waals surface area contributed by atoms with Gasteiger partial charge in [0.1, 0.15) is 0 Å². The molecule has 192 valence electrons. The summed E-state index contributed by atoms with van der Waals surface area (Å²) in [5, 5.41) is 0. The van der Waals surface area contributed by atoms with Crippen molar-refractivity contribution in [1.29, 1.82) is 0 Å². The molecule has 0 atom stereocenters. The summed E-state index contributed by atoms with van der Waals surface area (Å²) < 4.78 is 17.4. The van der Waals surface area contributed by atoms with Crippen LogP contribution in [0.4, 0.5) is 0 Å². The van der Waals surface area contributed by atoms with Crippen molar-refractivity contribution in [3.63, 3.8) is 0 Å². The molecule has 0 bridgehead atoms. The molecule has 0 N–H and O–H groups in total. The number of rotatable bonds is 26. The van der Waals surface area contributed by atoms with Gasteiger partial charge in [-0.1, -0.05) is 117 Å². The van der Waals surface area contributed by atoms with Gasteiger partial charge in [0, 0.05) is 19.6 Å². The van der Waals surface area contributed by atoms with Gasteiger partial charge in [0.05, 0.1) is 13.0 Å². The number of carbonyl (C=O) groups is 1. The molecule has 0 unspecified atom stereocenters. The number of unbranched alkanes of at least 4 members (excludes halogenated alkanes) is 15. The van der Waals surface area contributed by atoms with E-state index in [-0.39, 0.29) is 12.3 Å². The summed E-state index contributed by atoms with van der Waals surface area (Å²) in [5.41, 5.74) is 0. The highest BCUT2D eigenvalue weighted by Crippen LogP contribution is 2.12. The Labute approximate surface area is 200 Å². The summed E-state index contributed by atoms with van der Waals surface area (Å²) in [5.74, 6) is -0.116. The fourth-order valence-electron chi connectivity index (χ4n) is 3.79. The van der Waals surface area contributed by atoms with Crippen molar-refractivity contribution >= 4 is 5.97 Å². The first kappa shape index (κ1) is 31.4. The van der Waals surface area contributed by atoms with Gasteiger partial charge in [0.15, 0.2) is 6.29 Å². The summed E-state index contributed by atoms with van der Waals surface area (Å²) in [7, 11) is 0. The molecule has 0 aromatic rings. The van der Waals surface area contributed by atoms with Crippen LogP contribution in [0.15, 0.2) is 0 Å². The average Bonchev–Trinajstić information content (AvgIpc) is 2.80. The maximum atomic E-state index is 12.1. The first-order valence-corrected chi connectivity index (χ1v) is 14.1. The highest BCUT2D eigenvalue weighted by atomic mass is 16.7. The molecule has 0 saturated carbocycles. The highest BCUT2D eigenvalue weighted by Gasteiger charge is 2.13. The van der Waals surface area contributed by atoms with Gasteiger partial charge < -0.3 is 14.2 Å². The van der Waals surface area contributed by atoms with E-state index in [1.54, 1.807) is 0 Å². The second-order valence-electron chi connectivity index (χ2n) is 9.23. The van der Waals surface area contributed by atoms with E-state index in [0.717, 1.165) is 38.9 Å². The van der Waals surface area contributed by atoms with E-state index in [1.807, 2.05) is 0 Å². The zero-order valence-electron chi connectivity index (χ0n) is 22.0. The van der Waals surface area contributed by atoms with Gasteiger partial charge in [-0.3, -0.25) is 4.79 Å². The van der Waals surface area contributed by atoms with Crippen molar-refractivity contribution < 1.29 is 19.0 Å². The third kappa shape index (κ3) is 24.0. The Morgan fingerprint density at radius 1 is 0.531 bits per heavy atom. The zero-order chi connectivity index (χ0) is 23.5. The Hall–Kier alpha value is -0.610. The van der Waals surface area contributed by atoms with Gasteiger partial charge in [-0.25, -0.2) is 0 Å². The Balaban J connectivity index is 3.98. The molecular formula is C28H56O4. The monoisotopic (exact) mass is 456 g/mol. The van der Waals surface area contributed by atoms with Gasteiger partial charge in [-0.05, 0) is 19.3 Å². The standard InChI is InChI=1S/C28H56O4/c1-4-7-10-13-16-19-24-30-27(29)22-23-28(31-25-20-17-14-11-8-5-2)32-26-21-18-15-12-9-6-3/h28H,4-26H2,1-3H3. The molecule has 0 rings (SSSR count). The molecule has 0 radical (unpaired) electrons. The van der Waals surface area contributed by atoms with Crippen LogP contribution in [0.5, 0.6) is 0 Å². The van der Waals surface area contributed by atoms with Crippen molar-refractivity contribution in [3.8, 4) is 0 Å². The van der Waals surface area contributed by atoms with E-state index in [0.29, 0.717) is 19.4 Å². The van der Waals surface area contributed by atoms with E-state index in [9.17, 15) is 4.79 Å². The Bertz CT molecular complexity index is 354. The van der Waals surface area contributed by atoms with Gasteiger partial charge in [-0.2, -0.15) is 0 Å². The smallest absolute Gasteiger partial charge is 0.305 e. The first-order valence-electron chi connectivity index (χ1n) is 14.1. The topological polar surface area (TPSA) is 44.8 Å².